The standard InChI is InChI=1S/C12H25O/c1-11(2)9-7-5-6-8-10-12(3)13-4/h11-12H,3,5-10H2,1-2,4H3. The molecule has 0 amide bonds. The van der Waals surface area contributed by atoms with Gasteiger partial charge in [0.2, 0.25) is 0 Å². The van der Waals surface area contributed by atoms with Crippen LogP contribution < -0.4 is 0 Å². The van der Waals surface area contributed by atoms with E-state index in [0.717, 1.165) is 12.3 Å². The van der Waals surface area contributed by atoms with E-state index in [-0.39, 0.29) is 6.10 Å². The second-order valence-corrected chi connectivity index (χ2v) is 4.24. The summed E-state index contributed by atoms with van der Waals surface area (Å²) in [4.78, 5) is 0. The number of hydrogen-bond donors (Lipinski definition) is 0. The molecule has 13 heavy (non-hydrogen) atoms. The molecule has 0 rings (SSSR count). The average Bonchev–Trinajstić information content (AvgIpc) is 2.10. The molecule has 0 aromatic rings. The van der Waals surface area contributed by atoms with Crippen LogP contribution in [0.3, 0.4) is 0 Å². The number of ether oxygens (including phenoxy) is 1. The highest BCUT2D eigenvalue weighted by Crippen LogP contribution is 2.11. The normalized spacial score (nSPS) is 13.6. The third-order valence-corrected chi connectivity index (χ3v) is 2.39. The summed E-state index contributed by atoms with van der Waals surface area (Å²) >= 11 is 0. The van der Waals surface area contributed by atoms with E-state index in [9.17, 15) is 0 Å². The van der Waals surface area contributed by atoms with Crippen LogP contribution in [-0.2, 0) is 4.74 Å². The molecular weight excluding hydrogens is 160 g/mol. The molecule has 0 aliphatic heterocycles. The van der Waals surface area contributed by atoms with Gasteiger partial charge in [0.05, 0.1) is 6.10 Å². The van der Waals surface area contributed by atoms with Crippen LogP contribution >= 0.6 is 0 Å². The van der Waals surface area contributed by atoms with E-state index in [0.29, 0.717) is 0 Å². The number of rotatable bonds is 8. The first-order valence-electron chi connectivity index (χ1n) is 5.52. The summed E-state index contributed by atoms with van der Waals surface area (Å²) in [6.07, 6.45) is 8.03. The van der Waals surface area contributed by atoms with Gasteiger partial charge in [0, 0.05) is 7.11 Å². The zero-order chi connectivity index (χ0) is 10.1. The summed E-state index contributed by atoms with van der Waals surface area (Å²) < 4.78 is 5.08. The zero-order valence-corrected chi connectivity index (χ0v) is 9.51. The fraction of sp³-hybridized carbons (Fsp3) is 0.917. The maximum Gasteiger partial charge on any atom is 0.0572 e. The van der Waals surface area contributed by atoms with Crippen LogP contribution in [0.15, 0.2) is 0 Å². The van der Waals surface area contributed by atoms with E-state index in [1.165, 1.54) is 32.1 Å². The van der Waals surface area contributed by atoms with Crippen LogP contribution in [0, 0.1) is 12.8 Å². The van der Waals surface area contributed by atoms with Gasteiger partial charge >= 0.3 is 0 Å². The Bertz CT molecular complexity index is 99.3. The highest BCUT2D eigenvalue weighted by Gasteiger charge is 1.99. The Hall–Kier alpha value is -0.0400. The van der Waals surface area contributed by atoms with Gasteiger partial charge < -0.3 is 4.74 Å². The van der Waals surface area contributed by atoms with Crippen molar-refractivity contribution in [1.29, 1.82) is 0 Å². The molecule has 0 heterocycles. The molecule has 0 saturated heterocycles. The zero-order valence-electron chi connectivity index (χ0n) is 9.51. The average molecular weight is 185 g/mol. The highest BCUT2D eigenvalue weighted by atomic mass is 16.5. The van der Waals surface area contributed by atoms with Crippen LogP contribution in [0.1, 0.15) is 52.4 Å². The Morgan fingerprint density at radius 3 is 2.00 bits per heavy atom. The molecule has 0 bridgehead atoms. The topological polar surface area (TPSA) is 9.23 Å². The van der Waals surface area contributed by atoms with Crippen LogP contribution in [-0.4, -0.2) is 13.2 Å². The van der Waals surface area contributed by atoms with Gasteiger partial charge in [-0.05, 0) is 19.3 Å². The summed E-state index contributed by atoms with van der Waals surface area (Å²) in [5.41, 5.74) is 0. The largest absolute Gasteiger partial charge is 0.381 e. The van der Waals surface area contributed by atoms with Gasteiger partial charge in [0.25, 0.3) is 0 Å². The van der Waals surface area contributed by atoms with E-state index in [1.807, 2.05) is 0 Å². The number of unbranched alkanes of at least 4 members (excludes halogenated alkanes) is 3. The molecule has 0 N–H and O–H groups in total. The second-order valence-electron chi connectivity index (χ2n) is 4.24. The van der Waals surface area contributed by atoms with Crippen molar-refractivity contribution in [3.8, 4) is 0 Å². The van der Waals surface area contributed by atoms with Crippen molar-refractivity contribution >= 4 is 0 Å². The van der Waals surface area contributed by atoms with Crippen molar-refractivity contribution in [2.75, 3.05) is 7.11 Å². The van der Waals surface area contributed by atoms with Crippen LogP contribution in [0.5, 0.6) is 0 Å². The first kappa shape index (κ1) is 13.0. The van der Waals surface area contributed by atoms with Gasteiger partial charge in [-0.25, -0.2) is 0 Å². The van der Waals surface area contributed by atoms with Crippen molar-refractivity contribution in [2.24, 2.45) is 5.92 Å². The Morgan fingerprint density at radius 1 is 1.00 bits per heavy atom. The van der Waals surface area contributed by atoms with Gasteiger partial charge in [0.15, 0.2) is 0 Å². The lowest BCUT2D eigenvalue weighted by Crippen LogP contribution is -2.04. The Balaban J connectivity index is 2.99. The molecule has 0 spiro atoms. The molecule has 0 aromatic heterocycles. The van der Waals surface area contributed by atoms with Crippen LogP contribution in [0.4, 0.5) is 0 Å². The quantitative estimate of drug-likeness (QED) is 0.522. The highest BCUT2D eigenvalue weighted by molar-refractivity contribution is 4.59. The predicted octanol–water partition coefficient (Wildman–Crippen LogP) is 3.83. The molecular formula is C12H25O. The van der Waals surface area contributed by atoms with Crippen molar-refractivity contribution in [3.63, 3.8) is 0 Å². The van der Waals surface area contributed by atoms with Crippen molar-refractivity contribution < 1.29 is 4.74 Å². The molecule has 1 nitrogen and oxygen atoms in total. The fourth-order valence-electron chi connectivity index (χ4n) is 1.40. The molecule has 1 heteroatoms. The van der Waals surface area contributed by atoms with Gasteiger partial charge in [0.1, 0.15) is 0 Å². The number of hydrogen-bond acceptors (Lipinski definition) is 1. The maximum absolute atomic E-state index is 5.08. The predicted molar refractivity (Wildman–Crippen MR) is 58.7 cm³/mol. The summed E-state index contributed by atoms with van der Waals surface area (Å²) in [5.74, 6) is 0.861. The lowest BCUT2D eigenvalue weighted by atomic mass is 10.0. The van der Waals surface area contributed by atoms with E-state index in [4.69, 9.17) is 4.74 Å². The second kappa shape index (κ2) is 8.55. The molecule has 1 atom stereocenters. The maximum atomic E-state index is 5.08. The fourth-order valence-corrected chi connectivity index (χ4v) is 1.40. The van der Waals surface area contributed by atoms with E-state index < -0.39 is 0 Å². The van der Waals surface area contributed by atoms with E-state index in [1.54, 1.807) is 7.11 Å². The van der Waals surface area contributed by atoms with E-state index >= 15 is 0 Å². The molecule has 1 radical (unpaired) electrons. The first-order valence-corrected chi connectivity index (χ1v) is 5.52. The van der Waals surface area contributed by atoms with Crippen molar-refractivity contribution in [3.05, 3.63) is 6.92 Å². The first-order chi connectivity index (χ1) is 6.16. The Morgan fingerprint density at radius 2 is 1.54 bits per heavy atom. The van der Waals surface area contributed by atoms with Gasteiger partial charge in [-0.3, -0.25) is 0 Å². The van der Waals surface area contributed by atoms with Gasteiger partial charge in [-0.1, -0.05) is 46.0 Å². The summed E-state index contributed by atoms with van der Waals surface area (Å²) in [7, 11) is 1.73. The lowest BCUT2D eigenvalue weighted by molar-refractivity contribution is 0.128. The van der Waals surface area contributed by atoms with Crippen molar-refractivity contribution in [1.82, 2.24) is 0 Å². The molecule has 79 valence electrons. The minimum Gasteiger partial charge on any atom is -0.381 e. The lowest BCUT2D eigenvalue weighted by Gasteiger charge is -2.08. The molecule has 0 saturated carbocycles. The van der Waals surface area contributed by atoms with Gasteiger partial charge in [-0.2, -0.15) is 0 Å². The van der Waals surface area contributed by atoms with Crippen LogP contribution in [0.25, 0.3) is 0 Å². The summed E-state index contributed by atoms with van der Waals surface area (Å²) in [6, 6.07) is 0. The Kier molecular flexibility index (Phi) is 8.53. The number of methoxy groups -OCH3 is 1. The minimum atomic E-state index is 0.199. The summed E-state index contributed by atoms with van der Waals surface area (Å²) in [5, 5.41) is 0. The molecule has 0 aliphatic rings. The summed E-state index contributed by atoms with van der Waals surface area (Å²) in [6.45, 7) is 8.46. The van der Waals surface area contributed by atoms with Gasteiger partial charge in [-0.15, -0.1) is 0 Å². The van der Waals surface area contributed by atoms with Crippen molar-refractivity contribution in [2.45, 2.75) is 58.5 Å². The smallest absolute Gasteiger partial charge is 0.0572 e. The molecule has 0 aliphatic carbocycles. The molecule has 1 unspecified atom stereocenters. The Labute approximate surface area is 83.9 Å². The third kappa shape index (κ3) is 9.88. The third-order valence-electron chi connectivity index (χ3n) is 2.39. The SMILES string of the molecule is [CH2]C(CCCCCCC(C)C)OC. The van der Waals surface area contributed by atoms with Crippen LogP contribution in [0.2, 0.25) is 0 Å². The van der Waals surface area contributed by atoms with E-state index in [2.05, 4.69) is 20.8 Å². The molecule has 0 fully saturated rings. The monoisotopic (exact) mass is 185 g/mol. The molecule has 0 aromatic carbocycles. The minimum absolute atomic E-state index is 0.199.